The van der Waals surface area contributed by atoms with E-state index < -0.39 is 0 Å². The van der Waals surface area contributed by atoms with Crippen LogP contribution in [-0.2, 0) is 4.79 Å². The van der Waals surface area contributed by atoms with Gasteiger partial charge in [-0.05, 0) is 78.3 Å². The third-order valence-corrected chi connectivity index (χ3v) is 6.15. The average molecular weight is 322 g/mol. The molecule has 3 heterocycles. The van der Waals surface area contributed by atoms with Crippen LogP contribution in [0.25, 0.3) is 0 Å². The van der Waals surface area contributed by atoms with E-state index in [1.165, 1.54) is 51.6 Å². The standard InChI is InChI=1S/C18H34N4O/c1-21-12-7-18(8-13-21,22-10-3-2-4-11-22)15-20-17(23)14-16-6-5-9-19-16/h16,19H,2-15H2,1H3,(H,20,23). The fourth-order valence-electron chi connectivity index (χ4n) is 4.50. The predicted octanol–water partition coefficient (Wildman–Crippen LogP) is 1.20. The van der Waals surface area contributed by atoms with E-state index in [4.69, 9.17) is 0 Å². The minimum Gasteiger partial charge on any atom is -0.354 e. The summed E-state index contributed by atoms with van der Waals surface area (Å²) in [5.74, 6) is 0.236. The summed E-state index contributed by atoms with van der Waals surface area (Å²) in [5.41, 5.74) is 0.200. The zero-order valence-corrected chi connectivity index (χ0v) is 14.8. The van der Waals surface area contributed by atoms with E-state index in [1.54, 1.807) is 0 Å². The highest BCUT2D eigenvalue weighted by Gasteiger charge is 2.39. The summed E-state index contributed by atoms with van der Waals surface area (Å²) in [4.78, 5) is 17.5. The zero-order chi connectivity index (χ0) is 16.1. The van der Waals surface area contributed by atoms with Gasteiger partial charge in [0.25, 0.3) is 0 Å². The van der Waals surface area contributed by atoms with Gasteiger partial charge in [0.05, 0.1) is 0 Å². The molecule has 0 aliphatic carbocycles. The molecule has 5 heteroatoms. The number of nitrogens with zero attached hydrogens (tertiary/aromatic N) is 2. The molecule has 0 radical (unpaired) electrons. The molecule has 0 bridgehead atoms. The van der Waals surface area contributed by atoms with Crippen LogP contribution in [0, 0.1) is 0 Å². The maximum absolute atomic E-state index is 12.4. The Bertz CT molecular complexity index is 380. The molecule has 1 amide bonds. The van der Waals surface area contributed by atoms with Gasteiger partial charge in [0.1, 0.15) is 0 Å². The second-order valence-corrected chi connectivity index (χ2v) is 7.85. The summed E-state index contributed by atoms with van der Waals surface area (Å²) in [5, 5.41) is 6.72. The lowest BCUT2D eigenvalue weighted by Gasteiger charge is -2.50. The molecule has 132 valence electrons. The third kappa shape index (κ3) is 4.46. The highest BCUT2D eigenvalue weighted by molar-refractivity contribution is 5.76. The number of carbonyl (C=O) groups is 1. The fourth-order valence-corrected chi connectivity index (χ4v) is 4.50. The average Bonchev–Trinajstić information content (AvgIpc) is 3.08. The number of likely N-dealkylation sites (tertiary alicyclic amines) is 2. The second kappa shape index (κ2) is 7.95. The summed E-state index contributed by atoms with van der Waals surface area (Å²) >= 11 is 0. The third-order valence-electron chi connectivity index (χ3n) is 6.15. The molecule has 0 aromatic heterocycles. The van der Waals surface area contributed by atoms with Crippen molar-refractivity contribution in [3.8, 4) is 0 Å². The van der Waals surface area contributed by atoms with Crippen LogP contribution in [0.4, 0.5) is 0 Å². The van der Waals surface area contributed by atoms with Gasteiger partial charge in [-0.25, -0.2) is 0 Å². The highest BCUT2D eigenvalue weighted by atomic mass is 16.1. The molecule has 5 nitrogen and oxygen atoms in total. The van der Waals surface area contributed by atoms with Crippen LogP contribution < -0.4 is 10.6 Å². The van der Waals surface area contributed by atoms with E-state index in [0.29, 0.717) is 12.5 Å². The first-order valence-electron chi connectivity index (χ1n) is 9.62. The molecule has 0 spiro atoms. The molecule has 2 N–H and O–H groups in total. The number of hydrogen-bond donors (Lipinski definition) is 2. The quantitative estimate of drug-likeness (QED) is 0.798. The number of piperidine rings is 2. The van der Waals surface area contributed by atoms with E-state index in [9.17, 15) is 4.79 Å². The van der Waals surface area contributed by atoms with E-state index >= 15 is 0 Å². The Hall–Kier alpha value is -0.650. The van der Waals surface area contributed by atoms with Crippen molar-refractivity contribution in [3.63, 3.8) is 0 Å². The maximum Gasteiger partial charge on any atom is 0.221 e. The number of carbonyl (C=O) groups excluding carboxylic acids is 1. The normalized spacial score (nSPS) is 29.5. The predicted molar refractivity (Wildman–Crippen MR) is 93.5 cm³/mol. The van der Waals surface area contributed by atoms with Crippen molar-refractivity contribution >= 4 is 5.91 Å². The van der Waals surface area contributed by atoms with Crippen LogP contribution in [0.3, 0.4) is 0 Å². The van der Waals surface area contributed by atoms with Crippen molar-refractivity contribution in [2.24, 2.45) is 0 Å². The molecule has 3 saturated heterocycles. The number of nitrogens with one attached hydrogen (secondary N) is 2. The van der Waals surface area contributed by atoms with Gasteiger partial charge >= 0.3 is 0 Å². The van der Waals surface area contributed by atoms with E-state index in [1.807, 2.05) is 0 Å². The summed E-state index contributed by atoms with van der Waals surface area (Å²) in [6.07, 6.45) is 9.38. The number of amides is 1. The van der Waals surface area contributed by atoms with Gasteiger partial charge in [-0.15, -0.1) is 0 Å². The lowest BCUT2D eigenvalue weighted by Crippen LogP contribution is -2.61. The summed E-state index contributed by atoms with van der Waals surface area (Å²) in [6, 6.07) is 0.401. The van der Waals surface area contributed by atoms with Crippen LogP contribution in [0.15, 0.2) is 0 Å². The highest BCUT2D eigenvalue weighted by Crippen LogP contribution is 2.30. The summed E-state index contributed by atoms with van der Waals surface area (Å²) in [6.45, 7) is 6.63. The Morgan fingerprint density at radius 1 is 1.13 bits per heavy atom. The van der Waals surface area contributed by atoms with Crippen molar-refractivity contribution in [3.05, 3.63) is 0 Å². The Labute approximate surface area is 141 Å². The van der Waals surface area contributed by atoms with Gasteiger partial charge in [0.2, 0.25) is 5.91 Å². The Kier molecular flexibility index (Phi) is 5.94. The van der Waals surface area contributed by atoms with Crippen LogP contribution in [-0.4, -0.2) is 73.6 Å². The first kappa shape index (κ1) is 17.2. The molecule has 3 aliphatic heterocycles. The summed E-state index contributed by atoms with van der Waals surface area (Å²) < 4.78 is 0. The molecule has 3 rings (SSSR count). The Morgan fingerprint density at radius 2 is 1.87 bits per heavy atom. The molecule has 23 heavy (non-hydrogen) atoms. The number of rotatable bonds is 5. The largest absolute Gasteiger partial charge is 0.354 e. The van der Waals surface area contributed by atoms with Crippen molar-refractivity contribution < 1.29 is 4.79 Å². The van der Waals surface area contributed by atoms with Crippen molar-refractivity contribution in [2.75, 3.05) is 46.3 Å². The second-order valence-electron chi connectivity index (χ2n) is 7.85. The summed E-state index contributed by atoms with van der Waals surface area (Å²) in [7, 11) is 2.21. The monoisotopic (exact) mass is 322 g/mol. The molecule has 3 aliphatic rings. The Morgan fingerprint density at radius 3 is 2.52 bits per heavy atom. The topological polar surface area (TPSA) is 47.6 Å². The molecule has 0 aromatic carbocycles. The lowest BCUT2D eigenvalue weighted by molar-refractivity contribution is -0.122. The van der Waals surface area contributed by atoms with Crippen molar-refractivity contribution in [2.45, 2.75) is 62.9 Å². The van der Waals surface area contributed by atoms with Gasteiger partial charge < -0.3 is 15.5 Å². The molecule has 0 aromatic rings. The lowest BCUT2D eigenvalue weighted by atomic mass is 9.84. The molecular formula is C18H34N4O. The zero-order valence-electron chi connectivity index (χ0n) is 14.8. The smallest absolute Gasteiger partial charge is 0.221 e. The maximum atomic E-state index is 12.4. The van der Waals surface area contributed by atoms with Gasteiger partial charge in [0.15, 0.2) is 0 Å². The molecule has 0 saturated carbocycles. The minimum atomic E-state index is 0.200. The van der Waals surface area contributed by atoms with Gasteiger partial charge in [-0.2, -0.15) is 0 Å². The van der Waals surface area contributed by atoms with Crippen LogP contribution in [0.2, 0.25) is 0 Å². The SMILES string of the molecule is CN1CCC(CNC(=O)CC2CCCN2)(N2CCCCC2)CC1. The molecule has 3 fully saturated rings. The Balaban J connectivity index is 1.55. The van der Waals surface area contributed by atoms with Gasteiger partial charge in [0, 0.05) is 24.5 Å². The molecular weight excluding hydrogens is 288 g/mol. The minimum absolute atomic E-state index is 0.200. The van der Waals surface area contributed by atoms with E-state index in [-0.39, 0.29) is 11.4 Å². The van der Waals surface area contributed by atoms with Crippen molar-refractivity contribution in [1.82, 2.24) is 20.4 Å². The molecule has 1 atom stereocenters. The molecule has 1 unspecified atom stereocenters. The van der Waals surface area contributed by atoms with Crippen LogP contribution >= 0.6 is 0 Å². The fraction of sp³-hybridized carbons (Fsp3) is 0.944. The van der Waals surface area contributed by atoms with Crippen molar-refractivity contribution in [1.29, 1.82) is 0 Å². The van der Waals surface area contributed by atoms with E-state index in [0.717, 1.165) is 32.6 Å². The number of hydrogen-bond acceptors (Lipinski definition) is 4. The van der Waals surface area contributed by atoms with Gasteiger partial charge in [-0.3, -0.25) is 9.69 Å². The van der Waals surface area contributed by atoms with Crippen LogP contribution in [0.5, 0.6) is 0 Å². The first-order valence-corrected chi connectivity index (χ1v) is 9.62. The van der Waals surface area contributed by atoms with Crippen LogP contribution in [0.1, 0.15) is 51.4 Å². The van der Waals surface area contributed by atoms with E-state index in [2.05, 4.69) is 27.5 Å². The first-order chi connectivity index (χ1) is 11.2. The van der Waals surface area contributed by atoms with Gasteiger partial charge in [-0.1, -0.05) is 6.42 Å².